The van der Waals surface area contributed by atoms with Crippen molar-refractivity contribution in [2.24, 2.45) is 46.3 Å². The highest BCUT2D eigenvalue weighted by atomic mass is 16.6. The van der Waals surface area contributed by atoms with Gasteiger partial charge in [-0.15, -0.1) is 0 Å². The van der Waals surface area contributed by atoms with Crippen molar-refractivity contribution in [2.45, 2.75) is 112 Å². The Morgan fingerprint density at radius 3 is 2.35 bits per heavy atom. The van der Waals surface area contributed by atoms with Crippen LogP contribution >= 0.6 is 0 Å². The van der Waals surface area contributed by atoms with Crippen LogP contribution in [0.4, 0.5) is 0 Å². The van der Waals surface area contributed by atoms with Gasteiger partial charge < -0.3 is 9.47 Å². The van der Waals surface area contributed by atoms with E-state index in [1.165, 1.54) is 19.4 Å². The number of hydrogen-bond acceptors (Lipinski definition) is 5. The molecule has 0 N–H and O–H groups in total. The van der Waals surface area contributed by atoms with Gasteiger partial charge in [0.25, 0.3) is 0 Å². The minimum Gasteiger partial charge on any atom is -0.462 e. The van der Waals surface area contributed by atoms with Crippen LogP contribution < -0.4 is 0 Å². The van der Waals surface area contributed by atoms with E-state index in [9.17, 15) is 14.4 Å². The van der Waals surface area contributed by atoms with E-state index < -0.39 is 11.0 Å². The van der Waals surface area contributed by atoms with E-state index in [1.807, 2.05) is 0 Å². The molecular formula is C32H48O5. The number of rotatable bonds is 6. The molecule has 4 aliphatic carbocycles. The van der Waals surface area contributed by atoms with E-state index in [0.29, 0.717) is 36.0 Å². The second-order valence-corrected chi connectivity index (χ2v) is 13.5. The topological polar surface area (TPSA) is 69.7 Å². The molecule has 0 heterocycles. The Kier molecular flexibility index (Phi) is 7.60. The maximum atomic E-state index is 14.0. The molecule has 9 atom stereocenters. The molecule has 0 amide bonds. The standard InChI is InChI=1S/C32H48O5/c1-19(2)20(3)9-10-21(4)25-11-12-26-29-27(14-15-30(25,26)7)31(8)16-13-24(36-22(5)33)17-32(31,18-28(29)35)37-23(6)34/h9-10,14,19-21,24-26,29H,11-13,15-18H2,1-8H3/b10-9+/t20-,21+,24+,25+,26+,29-,30-,31+,32-/m0/s1. The Bertz CT molecular complexity index is 993. The third-order valence-electron chi connectivity index (χ3n) is 11.0. The van der Waals surface area contributed by atoms with Crippen LogP contribution in [0.25, 0.3) is 0 Å². The van der Waals surface area contributed by atoms with E-state index in [4.69, 9.17) is 9.47 Å². The Balaban J connectivity index is 1.67. The number of Topliss-reactive ketones (excluding diaryl/α,β-unsaturated/α-hetero) is 1. The Morgan fingerprint density at radius 2 is 1.73 bits per heavy atom. The number of hydrogen-bond donors (Lipinski definition) is 0. The average Bonchev–Trinajstić information content (AvgIpc) is 3.14. The molecule has 0 radical (unpaired) electrons. The molecule has 3 fully saturated rings. The van der Waals surface area contributed by atoms with E-state index in [1.54, 1.807) is 0 Å². The van der Waals surface area contributed by atoms with Gasteiger partial charge in [-0.1, -0.05) is 65.3 Å². The lowest BCUT2D eigenvalue weighted by atomic mass is 9.46. The molecule has 37 heavy (non-hydrogen) atoms. The first-order chi connectivity index (χ1) is 17.2. The van der Waals surface area contributed by atoms with Gasteiger partial charge in [0.05, 0.1) is 0 Å². The number of fused-ring (bicyclic) bond motifs is 5. The van der Waals surface area contributed by atoms with Crippen LogP contribution in [0.2, 0.25) is 0 Å². The van der Waals surface area contributed by atoms with Crippen LogP contribution in [-0.4, -0.2) is 29.4 Å². The van der Waals surface area contributed by atoms with Crippen molar-refractivity contribution in [1.29, 1.82) is 0 Å². The van der Waals surface area contributed by atoms with Gasteiger partial charge >= 0.3 is 11.9 Å². The second-order valence-electron chi connectivity index (χ2n) is 13.5. The van der Waals surface area contributed by atoms with E-state index in [-0.39, 0.29) is 41.6 Å². The molecule has 0 aromatic carbocycles. The van der Waals surface area contributed by atoms with Gasteiger partial charge in [0.15, 0.2) is 0 Å². The lowest BCUT2D eigenvalue weighted by Gasteiger charge is -2.60. The molecule has 0 bridgehead atoms. The zero-order chi connectivity index (χ0) is 27.3. The summed E-state index contributed by atoms with van der Waals surface area (Å²) in [6.45, 7) is 16.6. The van der Waals surface area contributed by atoms with Gasteiger partial charge in [-0.25, -0.2) is 0 Å². The maximum absolute atomic E-state index is 14.0. The summed E-state index contributed by atoms with van der Waals surface area (Å²) in [4.78, 5) is 38.1. The Morgan fingerprint density at radius 1 is 1.03 bits per heavy atom. The van der Waals surface area contributed by atoms with Gasteiger partial charge in [0.2, 0.25) is 0 Å². The maximum Gasteiger partial charge on any atom is 0.303 e. The van der Waals surface area contributed by atoms with Crippen molar-refractivity contribution < 1.29 is 23.9 Å². The quantitative estimate of drug-likeness (QED) is 0.288. The first-order valence-corrected chi connectivity index (χ1v) is 14.5. The fraction of sp³-hybridized carbons (Fsp3) is 0.781. The number of allylic oxidation sites excluding steroid dienone is 3. The second kappa shape index (κ2) is 10.0. The van der Waals surface area contributed by atoms with Crippen LogP contribution in [0.5, 0.6) is 0 Å². The molecule has 3 saturated carbocycles. The Labute approximate surface area is 223 Å². The third kappa shape index (κ3) is 4.74. The number of carbonyl (C=O) groups is 3. The fourth-order valence-electron chi connectivity index (χ4n) is 8.59. The highest BCUT2D eigenvalue weighted by Gasteiger charge is 2.66. The normalized spacial score (nSPS) is 40.9. The minimum atomic E-state index is -0.953. The zero-order valence-electron chi connectivity index (χ0n) is 24.3. The first-order valence-electron chi connectivity index (χ1n) is 14.5. The SMILES string of the molecule is CC(=O)O[C@@H]1CC[C@]2(C)C3=CC[C@]4(C)[C@H](CC[C@@H]4[C@H](C)/C=C/[C@H](C)C(C)C)[C@@H]3C(=O)C[C@@]2(OC(C)=O)C1. The lowest BCUT2D eigenvalue weighted by molar-refractivity contribution is -0.200. The molecule has 5 heteroatoms. The fourth-order valence-corrected chi connectivity index (χ4v) is 8.59. The van der Waals surface area contributed by atoms with E-state index in [2.05, 4.69) is 59.8 Å². The monoisotopic (exact) mass is 512 g/mol. The molecule has 0 spiro atoms. The molecule has 0 aromatic heterocycles. The summed E-state index contributed by atoms with van der Waals surface area (Å²) in [7, 11) is 0. The smallest absolute Gasteiger partial charge is 0.303 e. The van der Waals surface area contributed by atoms with Crippen LogP contribution in [0.3, 0.4) is 0 Å². The predicted octanol–water partition coefficient (Wildman–Crippen LogP) is 6.85. The summed E-state index contributed by atoms with van der Waals surface area (Å²) in [6, 6.07) is 0. The van der Waals surface area contributed by atoms with Crippen molar-refractivity contribution in [2.75, 3.05) is 0 Å². The van der Waals surface area contributed by atoms with Crippen LogP contribution in [-0.2, 0) is 23.9 Å². The summed E-state index contributed by atoms with van der Waals surface area (Å²) >= 11 is 0. The van der Waals surface area contributed by atoms with E-state index >= 15 is 0 Å². The van der Waals surface area contributed by atoms with Crippen molar-refractivity contribution in [3.05, 3.63) is 23.8 Å². The number of carbonyl (C=O) groups excluding carboxylic acids is 3. The number of esters is 2. The van der Waals surface area contributed by atoms with Gasteiger partial charge in [-0.05, 0) is 67.1 Å². The molecule has 0 unspecified atom stereocenters. The molecule has 0 saturated heterocycles. The van der Waals surface area contributed by atoms with Crippen LogP contribution in [0, 0.1) is 46.3 Å². The molecule has 4 rings (SSSR count). The highest BCUT2D eigenvalue weighted by Crippen LogP contribution is 2.67. The van der Waals surface area contributed by atoms with Crippen molar-refractivity contribution in [3.8, 4) is 0 Å². The zero-order valence-corrected chi connectivity index (χ0v) is 24.3. The molecule has 206 valence electrons. The molecule has 4 aliphatic rings. The predicted molar refractivity (Wildman–Crippen MR) is 144 cm³/mol. The van der Waals surface area contributed by atoms with Gasteiger partial charge in [-0.3, -0.25) is 14.4 Å². The average molecular weight is 513 g/mol. The lowest BCUT2D eigenvalue weighted by Crippen LogP contribution is -2.63. The first kappa shape index (κ1) is 28.1. The largest absolute Gasteiger partial charge is 0.462 e. The highest BCUT2D eigenvalue weighted by molar-refractivity contribution is 5.88. The number of ether oxygens (including phenoxy) is 2. The summed E-state index contributed by atoms with van der Waals surface area (Å²) in [6.07, 6.45) is 12.1. The van der Waals surface area contributed by atoms with Gasteiger partial charge in [0, 0.05) is 38.0 Å². The molecular weight excluding hydrogens is 464 g/mol. The van der Waals surface area contributed by atoms with E-state index in [0.717, 1.165) is 32.1 Å². The third-order valence-corrected chi connectivity index (χ3v) is 11.0. The summed E-state index contributed by atoms with van der Waals surface area (Å²) < 4.78 is 11.7. The van der Waals surface area contributed by atoms with Crippen molar-refractivity contribution >= 4 is 17.7 Å². The van der Waals surface area contributed by atoms with Crippen LogP contribution in [0.15, 0.2) is 23.8 Å². The Hall–Kier alpha value is -1.91. The van der Waals surface area contributed by atoms with Gasteiger partial charge in [0.1, 0.15) is 17.5 Å². The van der Waals surface area contributed by atoms with Crippen LogP contribution in [0.1, 0.15) is 100 Å². The number of ketones is 1. The summed E-state index contributed by atoms with van der Waals surface area (Å²) in [5, 5.41) is 0. The summed E-state index contributed by atoms with van der Waals surface area (Å²) in [5.41, 5.74) is -0.107. The van der Waals surface area contributed by atoms with Crippen molar-refractivity contribution in [1.82, 2.24) is 0 Å². The molecule has 5 nitrogen and oxygen atoms in total. The molecule has 0 aromatic rings. The summed E-state index contributed by atoms with van der Waals surface area (Å²) in [5.74, 6) is 1.91. The van der Waals surface area contributed by atoms with Crippen molar-refractivity contribution in [3.63, 3.8) is 0 Å². The van der Waals surface area contributed by atoms with Gasteiger partial charge in [-0.2, -0.15) is 0 Å². The minimum absolute atomic E-state index is 0.0847. The molecule has 0 aliphatic heterocycles.